The van der Waals surface area contributed by atoms with Gasteiger partial charge in [-0.2, -0.15) is 0 Å². The Labute approximate surface area is 138 Å². The summed E-state index contributed by atoms with van der Waals surface area (Å²) in [6.45, 7) is 2.61. The van der Waals surface area contributed by atoms with Crippen molar-refractivity contribution in [2.45, 2.75) is 32.1 Å². The summed E-state index contributed by atoms with van der Waals surface area (Å²) in [6.07, 6.45) is 1.72. The Morgan fingerprint density at radius 1 is 1.42 bits per heavy atom. The van der Waals surface area contributed by atoms with Crippen LogP contribution in [-0.2, 0) is 28.2 Å². The molecule has 6 heteroatoms. The lowest BCUT2D eigenvalue weighted by Gasteiger charge is -2.25. The Bertz CT molecular complexity index is 853. The third-order valence-corrected chi connectivity index (χ3v) is 4.57. The first-order valence-electron chi connectivity index (χ1n) is 8.01. The second-order valence-corrected chi connectivity index (χ2v) is 5.95. The highest BCUT2D eigenvalue weighted by Gasteiger charge is 2.50. The van der Waals surface area contributed by atoms with E-state index >= 15 is 0 Å². The quantitative estimate of drug-likeness (QED) is 0.872. The average molecular weight is 327 g/mol. The summed E-state index contributed by atoms with van der Waals surface area (Å²) < 4.78 is 12.3. The van der Waals surface area contributed by atoms with Crippen LogP contribution in [0.1, 0.15) is 51.0 Å². The molecule has 0 saturated carbocycles. The van der Waals surface area contributed by atoms with E-state index in [4.69, 9.17) is 9.47 Å². The normalized spacial score (nSPS) is 21.3. The second kappa shape index (κ2) is 5.21. The molecule has 4 rings (SSSR count). The molecule has 0 fully saturated rings. The Hall–Kier alpha value is -2.60. The number of ether oxygens (including phenoxy) is 2. The molecule has 0 radical (unpaired) electrons. The number of nitrogens with zero attached hydrogens (tertiary/aromatic N) is 1. The molecule has 0 spiro atoms. The SMILES string of the molecule is CCOC(=O)c1cc2n(c1C1(O)OC(=O)c3ccccc31)CCC2. The molecule has 124 valence electrons. The van der Waals surface area contributed by atoms with Gasteiger partial charge in [-0.1, -0.05) is 18.2 Å². The number of rotatable bonds is 3. The first-order chi connectivity index (χ1) is 11.6. The summed E-state index contributed by atoms with van der Waals surface area (Å²) in [4.78, 5) is 24.6. The zero-order chi connectivity index (χ0) is 16.9. The van der Waals surface area contributed by atoms with Crippen LogP contribution in [0, 0.1) is 0 Å². The molecular weight excluding hydrogens is 310 g/mol. The number of hydrogen-bond acceptors (Lipinski definition) is 5. The molecule has 0 saturated heterocycles. The number of benzene rings is 1. The van der Waals surface area contributed by atoms with Crippen molar-refractivity contribution in [1.29, 1.82) is 0 Å². The number of aromatic nitrogens is 1. The van der Waals surface area contributed by atoms with Gasteiger partial charge >= 0.3 is 11.9 Å². The molecule has 3 heterocycles. The van der Waals surface area contributed by atoms with Crippen molar-refractivity contribution in [3.05, 3.63) is 58.4 Å². The molecule has 1 N–H and O–H groups in total. The molecule has 2 aliphatic rings. The minimum Gasteiger partial charge on any atom is -0.462 e. The highest BCUT2D eigenvalue weighted by atomic mass is 16.7. The first-order valence-corrected chi connectivity index (χ1v) is 8.01. The topological polar surface area (TPSA) is 77.8 Å². The maximum atomic E-state index is 12.4. The van der Waals surface area contributed by atoms with Crippen molar-refractivity contribution in [2.75, 3.05) is 6.61 Å². The Morgan fingerprint density at radius 2 is 2.21 bits per heavy atom. The minimum absolute atomic E-state index is 0.230. The Balaban J connectivity index is 1.94. The van der Waals surface area contributed by atoms with E-state index in [1.54, 1.807) is 37.3 Å². The van der Waals surface area contributed by atoms with E-state index in [0.29, 0.717) is 17.7 Å². The van der Waals surface area contributed by atoms with E-state index < -0.39 is 17.7 Å². The number of esters is 2. The molecule has 1 aromatic carbocycles. The largest absolute Gasteiger partial charge is 0.462 e. The second-order valence-electron chi connectivity index (χ2n) is 5.95. The van der Waals surface area contributed by atoms with Crippen molar-refractivity contribution in [1.82, 2.24) is 4.57 Å². The molecule has 2 aromatic rings. The molecule has 6 nitrogen and oxygen atoms in total. The monoisotopic (exact) mass is 327 g/mol. The molecule has 0 bridgehead atoms. The van der Waals surface area contributed by atoms with Crippen molar-refractivity contribution >= 4 is 11.9 Å². The Morgan fingerprint density at radius 3 is 3.00 bits per heavy atom. The van der Waals surface area contributed by atoms with Crippen molar-refractivity contribution in [3.8, 4) is 0 Å². The van der Waals surface area contributed by atoms with Crippen molar-refractivity contribution in [3.63, 3.8) is 0 Å². The molecule has 0 amide bonds. The van der Waals surface area contributed by atoms with Crippen molar-refractivity contribution in [2.24, 2.45) is 0 Å². The fourth-order valence-electron chi connectivity index (χ4n) is 3.59. The van der Waals surface area contributed by atoms with Crippen LogP contribution in [0.4, 0.5) is 0 Å². The van der Waals surface area contributed by atoms with Gasteiger partial charge in [0.25, 0.3) is 5.79 Å². The smallest absolute Gasteiger partial charge is 0.341 e. The van der Waals surface area contributed by atoms with Crippen LogP contribution < -0.4 is 0 Å². The number of cyclic esters (lactones) is 1. The standard InChI is InChI=1S/C18H17NO5/c1-2-23-16(20)13-10-11-6-5-9-19(11)15(13)18(22)14-8-4-3-7-12(14)17(21)24-18/h3-4,7-8,10,22H,2,5-6,9H2,1H3. The number of aliphatic hydroxyl groups is 1. The summed E-state index contributed by atoms with van der Waals surface area (Å²) in [7, 11) is 0. The fraction of sp³-hybridized carbons (Fsp3) is 0.333. The molecule has 2 aliphatic heterocycles. The molecule has 1 unspecified atom stereocenters. The average Bonchev–Trinajstić information content (AvgIpc) is 3.21. The van der Waals surface area contributed by atoms with Crippen LogP contribution in [0.15, 0.2) is 30.3 Å². The number of aryl methyl sites for hydroxylation is 1. The predicted octanol–water partition coefficient (Wildman–Crippen LogP) is 1.97. The number of carbonyl (C=O) groups excluding carboxylic acids is 2. The summed E-state index contributed by atoms with van der Waals surface area (Å²) in [6, 6.07) is 8.41. The third-order valence-electron chi connectivity index (χ3n) is 4.57. The Kier molecular flexibility index (Phi) is 3.25. The van der Waals surface area contributed by atoms with Gasteiger partial charge in [0.2, 0.25) is 0 Å². The van der Waals surface area contributed by atoms with E-state index in [1.807, 2.05) is 4.57 Å². The highest BCUT2D eigenvalue weighted by Crippen LogP contribution is 2.43. The van der Waals surface area contributed by atoms with Gasteiger partial charge in [-0.3, -0.25) is 0 Å². The van der Waals surface area contributed by atoms with Crippen LogP contribution in [0.2, 0.25) is 0 Å². The van der Waals surface area contributed by atoms with Gasteiger partial charge < -0.3 is 19.1 Å². The van der Waals surface area contributed by atoms with Crippen molar-refractivity contribution < 1.29 is 24.2 Å². The molecule has 1 aromatic heterocycles. The molecular formula is C18H17NO5. The summed E-state index contributed by atoms with van der Waals surface area (Å²) in [5.74, 6) is -3.10. The van der Waals surface area contributed by atoms with Gasteiger partial charge in [-0.25, -0.2) is 9.59 Å². The maximum absolute atomic E-state index is 12.4. The summed E-state index contributed by atoms with van der Waals surface area (Å²) in [5, 5.41) is 11.3. The van der Waals surface area contributed by atoms with Gasteiger partial charge in [0, 0.05) is 17.8 Å². The van der Waals surface area contributed by atoms with E-state index in [9.17, 15) is 14.7 Å². The first kappa shape index (κ1) is 15.0. The lowest BCUT2D eigenvalue weighted by molar-refractivity contribution is -0.134. The van der Waals surface area contributed by atoms with E-state index in [-0.39, 0.29) is 17.9 Å². The fourth-order valence-corrected chi connectivity index (χ4v) is 3.59. The lowest BCUT2D eigenvalue weighted by atomic mass is 9.97. The van der Waals surface area contributed by atoms with Crippen LogP contribution in [-0.4, -0.2) is 28.2 Å². The van der Waals surface area contributed by atoms with Gasteiger partial charge in [0.15, 0.2) is 0 Å². The van der Waals surface area contributed by atoms with E-state index in [1.165, 1.54) is 0 Å². The zero-order valence-corrected chi connectivity index (χ0v) is 13.2. The van der Waals surface area contributed by atoms with Crippen LogP contribution in [0.3, 0.4) is 0 Å². The lowest BCUT2D eigenvalue weighted by Crippen LogP contribution is -2.32. The van der Waals surface area contributed by atoms with Gasteiger partial charge in [-0.15, -0.1) is 0 Å². The minimum atomic E-state index is -1.97. The van der Waals surface area contributed by atoms with Crippen LogP contribution >= 0.6 is 0 Å². The summed E-state index contributed by atoms with van der Waals surface area (Å²) in [5.41, 5.74) is 2.13. The number of carbonyl (C=O) groups is 2. The predicted molar refractivity (Wildman–Crippen MR) is 83.6 cm³/mol. The highest BCUT2D eigenvalue weighted by molar-refractivity contribution is 5.97. The van der Waals surface area contributed by atoms with Gasteiger partial charge in [0.1, 0.15) is 5.69 Å². The van der Waals surface area contributed by atoms with Gasteiger partial charge in [-0.05, 0) is 31.9 Å². The maximum Gasteiger partial charge on any atom is 0.341 e. The summed E-state index contributed by atoms with van der Waals surface area (Å²) >= 11 is 0. The number of hydrogen-bond donors (Lipinski definition) is 1. The number of fused-ring (bicyclic) bond motifs is 2. The molecule has 0 aliphatic carbocycles. The van der Waals surface area contributed by atoms with Gasteiger partial charge in [0.05, 0.1) is 17.7 Å². The molecule has 24 heavy (non-hydrogen) atoms. The van der Waals surface area contributed by atoms with E-state index in [0.717, 1.165) is 18.5 Å². The zero-order valence-electron chi connectivity index (χ0n) is 13.2. The molecule has 1 atom stereocenters. The van der Waals surface area contributed by atoms with Crippen LogP contribution in [0.5, 0.6) is 0 Å². The van der Waals surface area contributed by atoms with E-state index in [2.05, 4.69) is 0 Å². The van der Waals surface area contributed by atoms with Crippen LogP contribution in [0.25, 0.3) is 0 Å². The third kappa shape index (κ3) is 1.93.